The lowest BCUT2D eigenvalue weighted by Gasteiger charge is -2.27. The monoisotopic (exact) mass is 276 g/mol. The van der Waals surface area contributed by atoms with E-state index in [1.54, 1.807) is 0 Å². The Hall–Kier alpha value is -0.320. The van der Waals surface area contributed by atoms with Crippen LogP contribution in [0, 0.1) is 5.92 Å². The van der Waals surface area contributed by atoms with E-state index in [0.717, 1.165) is 32.2 Å². The van der Waals surface area contributed by atoms with Crippen molar-refractivity contribution in [2.75, 3.05) is 13.1 Å². The average molecular weight is 277 g/mol. The van der Waals surface area contributed by atoms with Crippen molar-refractivity contribution < 1.29 is 9.53 Å². The highest BCUT2D eigenvalue weighted by atomic mass is 35.5. The summed E-state index contributed by atoms with van der Waals surface area (Å²) < 4.78 is 5.70. The predicted octanol–water partition coefficient (Wildman–Crippen LogP) is 1.56. The molecule has 106 valence electrons. The van der Waals surface area contributed by atoms with Crippen LogP contribution in [0.15, 0.2) is 0 Å². The number of ether oxygens (including phenoxy) is 1. The molecule has 1 saturated heterocycles. The third kappa shape index (κ3) is 3.84. The van der Waals surface area contributed by atoms with E-state index in [4.69, 9.17) is 10.5 Å². The third-order valence-electron chi connectivity index (χ3n) is 3.48. The van der Waals surface area contributed by atoms with Gasteiger partial charge in [-0.15, -0.1) is 12.4 Å². The van der Waals surface area contributed by atoms with Crippen molar-refractivity contribution in [3.8, 4) is 0 Å². The molecule has 0 aromatic carbocycles. The van der Waals surface area contributed by atoms with Crippen LogP contribution in [0.1, 0.15) is 39.5 Å². The summed E-state index contributed by atoms with van der Waals surface area (Å²) in [6.45, 7) is 5.69. The third-order valence-corrected chi connectivity index (χ3v) is 3.48. The van der Waals surface area contributed by atoms with Gasteiger partial charge < -0.3 is 15.4 Å². The fraction of sp³-hybridized carbons (Fsp3) is 0.923. The van der Waals surface area contributed by atoms with Crippen molar-refractivity contribution in [3.63, 3.8) is 0 Å². The fourth-order valence-electron chi connectivity index (χ4n) is 2.44. The maximum absolute atomic E-state index is 12.4. The molecule has 1 saturated carbocycles. The molecule has 0 radical (unpaired) electrons. The average Bonchev–Trinajstić information content (AvgIpc) is 3.02. The Morgan fingerprint density at radius 2 is 2.00 bits per heavy atom. The first-order valence-corrected chi connectivity index (χ1v) is 6.77. The van der Waals surface area contributed by atoms with Gasteiger partial charge in [-0.05, 0) is 31.6 Å². The molecule has 1 heterocycles. The standard InChI is InChI=1S/C13H24N2O2.ClH/c1-9(2)8-15(10-3-4-10)13(16)12-6-5-11(7-14)17-12;/h9-12H,3-8,14H2,1-2H3;1H/t11-,12+;/m1./s1. The van der Waals surface area contributed by atoms with Gasteiger partial charge in [0.05, 0.1) is 6.10 Å². The molecular formula is C13H25ClN2O2. The molecule has 2 atom stereocenters. The summed E-state index contributed by atoms with van der Waals surface area (Å²) in [6.07, 6.45) is 3.93. The minimum atomic E-state index is -0.233. The lowest BCUT2D eigenvalue weighted by atomic mass is 10.1. The highest BCUT2D eigenvalue weighted by molar-refractivity contribution is 5.85. The van der Waals surface area contributed by atoms with E-state index in [0.29, 0.717) is 18.5 Å². The van der Waals surface area contributed by atoms with E-state index < -0.39 is 0 Å². The van der Waals surface area contributed by atoms with Crippen LogP contribution in [0.4, 0.5) is 0 Å². The highest BCUT2D eigenvalue weighted by Crippen LogP contribution is 2.30. The summed E-state index contributed by atoms with van der Waals surface area (Å²) in [5, 5.41) is 0. The molecule has 0 unspecified atom stereocenters. The van der Waals surface area contributed by atoms with E-state index in [1.165, 1.54) is 0 Å². The van der Waals surface area contributed by atoms with Crippen LogP contribution in [0.5, 0.6) is 0 Å². The zero-order valence-electron chi connectivity index (χ0n) is 11.3. The quantitative estimate of drug-likeness (QED) is 0.829. The van der Waals surface area contributed by atoms with E-state index in [-0.39, 0.29) is 30.5 Å². The minimum absolute atomic E-state index is 0. The summed E-state index contributed by atoms with van der Waals surface area (Å²) >= 11 is 0. The highest BCUT2D eigenvalue weighted by Gasteiger charge is 2.39. The van der Waals surface area contributed by atoms with Gasteiger partial charge in [-0.3, -0.25) is 4.79 Å². The lowest BCUT2D eigenvalue weighted by molar-refractivity contribution is -0.143. The summed E-state index contributed by atoms with van der Waals surface area (Å²) in [5.74, 6) is 0.711. The number of hydrogen-bond acceptors (Lipinski definition) is 3. The van der Waals surface area contributed by atoms with E-state index >= 15 is 0 Å². The molecule has 0 aromatic heterocycles. The Kier molecular flexibility index (Phi) is 5.89. The Bertz CT molecular complexity index is 282. The molecule has 2 rings (SSSR count). The molecule has 0 spiro atoms. The lowest BCUT2D eigenvalue weighted by Crippen LogP contribution is -2.43. The van der Waals surface area contributed by atoms with Gasteiger partial charge in [0.2, 0.25) is 0 Å². The molecule has 1 aliphatic heterocycles. The van der Waals surface area contributed by atoms with Crippen molar-refractivity contribution in [2.45, 2.75) is 57.8 Å². The fourth-order valence-corrected chi connectivity index (χ4v) is 2.44. The van der Waals surface area contributed by atoms with Crippen LogP contribution in [0.3, 0.4) is 0 Å². The van der Waals surface area contributed by atoms with Crippen LogP contribution in [-0.2, 0) is 9.53 Å². The summed E-state index contributed by atoms with van der Waals surface area (Å²) in [5.41, 5.74) is 5.58. The molecule has 0 bridgehead atoms. The zero-order valence-corrected chi connectivity index (χ0v) is 12.1. The molecule has 2 aliphatic rings. The second-order valence-corrected chi connectivity index (χ2v) is 5.68. The zero-order chi connectivity index (χ0) is 12.4. The van der Waals surface area contributed by atoms with E-state index in [2.05, 4.69) is 13.8 Å². The van der Waals surface area contributed by atoms with Crippen molar-refractivity contribution in [1.82, 2.24) is 4.90 Å². The van der Waals surface area contributed by atoms with Gasteiger partial charge in [0.15, 0.2) is 0 Å². The number of halogens is 1. The number of nitrogens with two attached hydrogens (primary N) is 1. The SMILES string of the molecule is CC(C)CN(C(=O)[C@@H]1CC[C@H](CN)O1)C1CC1.Cl. The van der Waals surface area contributed by atoms with Crippen LogP contribution >= 0.6 is 12.4 Å². The number of carbonyl (C=O) groups excluding carboxylic acids is 1. The van der Waals surface area contributed by atoms with Crippen LogP contribution in [0.25, 0.3) is 0 Å². The molecule has 18 heavy (non-hydrogen) atoms. The van der Waals surface area contributed by atoms with Crippen LogP contribution in [0.2, 0.25) is 0 Å². The minimum Gasteiger partial charge on any atom is -0.364 e. The number of amides is 1. The first-order chi connectivity index (χ1) is 8.11. The number of rotatable bonds is 5. The second kappa shape index (κ2) is 6.73. The molecule has 5 heteroatoms. The van der Waals surface area contributed by atoms with Gasteiger partial charge in [0.25, 0.3) is 5.91 Å². The Balaban J connectivity index is 0.00000162. The Morgan fingerprint density at radius 1 is 1.33 bits per heavy atom. The first-order valence-electron chi connectivity index (χ1n) is 6.77. The molecule has 2 fully saturated rings. The van der Waals surface area contributed by atoms with Gasteiger partial charge in [-0.25, -0.2) is 0 Å². The topological polar surface area (TPSA) is 55.6 Å². The summed E-state index contributed by atoms with van der Waals surface area (Å²) in [6, 6.07) is 0.477. The van der Waals surface area contributed by atoms with Crippen molar-refractivity contribution in [2.24, 2.45) is 11.7 Å². The largest absolute Gasteiger partial charge is 0.364 e. The molecular weight excluding hydrogens is 252 g/mol. The van der Waals surface area contributed by atoms with E-state index in [1.807, 2.05) is 4.90 Å². The molecule has 4 nitrogen and oxygen atoms in total. The molecule has 1 amide bonds. The van der Waals surface area contributed by atoms with Gasteiger partial charge >= 0.3 is 0 Å². The maximum Gasteiger partial charge on any atom is 0.251 e. The number of hydrogen-bond donors (Lipinski definition) is 1. The van der Waals surface area contributed by atoms with Gasteiger partial charge in [0.1, 0.15) is 6.10 Å². The normalized spacial score (nSPS) is 27.1. The van der Waals surface area contributed by atoms with Crippen LogP contribution in [-0.4, -0.2) is 42.1 Å². The number of nitrogens with zero attached hydrogens (tertiary/aromatic N) is 1. The summed E-state index contributed by atoms with van der Waals surface area (Å²) in [4.78, 5) is 14.4. The molecule has 2 N–H and O–H groups in total. The maximum atomic E-state index is 12.4. The van der Waals surface area contributed by atoms with Crippen molar-refractivity contribution >= 4 is 18.3 Å². The second-order valence-electron chi connectivity index (χ2n) is 5.68. The Morgan fingerprint density at radius 3 is 2.44 bits per heavy atom. The molecule has 1 aliphatic carbocycles. The van der Waals surface area contributed by atoms with Gasteiger partial charge in [-0.2, -0.15) is 0 Å². The van der Waals surface area contributed by atoms with Crippen molar-refractivity contribution in [3.05, 3.63) is 0 Å². The van der Waals surface area contributed by atoms with Crippen molar-refractivity contribution in [1.29, 1.82) is 0 Å². The smallest absolute Gasteiger partial charge is 0.251 e. The Labute approximate surface area is 116 Å². The van der Waals surface area contributed by atoms with E-state index in [9.17, 15) is 4.79 Å². The molecule has 0 aromatic rings. The number of carbonyl (C=O) groups is 1. The first kappa shape index (κ1) is 15.7. The predicted molar refractivity (Wildman–Crippen MR) is 73.8 cm³/mol. The van der Waals surface area contributed by atoms with Crippen LogP contribution < -0.4 is 5.73 Å². The van der Waals surface area contributed by atoms with Gasteiger partial charge in [-0.1, -0.05) is 13.8 Å². The van der Waals surface area contributed by atoms with Gasteiger partial charge in [0, 0.05) is 19.1 Å². The summed E-state index contributed by atoms with van der Waals surface area (Å²) in [7, 11) is 0.